The molecule has 0 aromatic carbocycles. The van der Waals surface area contributed by atoms with Crippen molar-refractivity contribution in [3.8, 4) is 0 Å². The molecule has 0 saturated carbocycles. The molecule has 0 radical (unpaired) electrons. The molecule has 84 valence electrons. The van der Waals surface area contributed by atoms with E-state index in [1.165, 1.54) is 0 Å². The van der Waals surface area contributed by atoms with Crippen LogP contribution in [0.25, 0.3) is 0 Å². The molecule has 14 heavy (non-hydrogen) atoms. The van der Waals surface area contributed by atoms with Gasteiger partial charge in [0.15, 0.2) is 0 Å². The van der Waals surface area contributed by atoms with E-state index in [9.17, 15) is 4.57 Å². The molecule has 0 atom stereocenters. The number of hydrogen-bond donors (Lipinski definition) is 1. The van der Waals surface area contributed by atoms with Crippen LogP contribution in [0.1, 0.15) is 26.7 Å². The zero-order valence-electron chi connectivity index (χ0n) is 8.69. The molecule has 0 fully saturated rings. The lowest BCUT2D eigenvalue weighted by molar-refractivity contribution is 0.220. The molecule has 2 N–H and O–H groups in total. The summed E-state index contributed by atoms with van der Waals surface area (Å²) in [6, 6.07) is 0. The molecule has 0 rings (SSSR count). The zero-order chi connectivity index (χ0) is 11.0. The summed E-state index contributed by atoms with van der Waals surface area (Å²) in [4.78, 5) is 0.435. The van der Waals surface area contributed by atoms with Crippen molar-refractivity contribution < 1.29 is 13.6 Å². The van der Waals surface area contributed by atoms with Gasteiger partial charge in [0, 0.05) is 0 Å². The van der Waals surface area contributed by atoms with Crippen molar-refractivity contribution in [2.45, 2.75) is 26.7 Å². The Hall–Kier alpha value is 0.0400. The third-order valence-corrected chi connectivity index (χ3v) is 3.88. The molecular weight excluding hydrogens is 221 g/mol. The molecule has 0 saturated heterocycles. The minimum Gasteiger partial charge on any atom is -0.393 e. The van der Waals surface area contributed by atoms with Crippen LogP contribution >= 0.6 is 19.8 Å². The molecule has 0 aliphatic carbocycles. The van der Waals surface area contributed by atoms with Gasteiger partial charge in [0.05, 0.1) is 24.4 Å². The highest BCUT2D eigenvalue weighted by molar-refractivity contribution is 7.80. The monoisotopic (exact) mass is 239 g/mol. The van der Waals surface area contributed by atoms with Gasteiger partial charge in [-0.3, -0.25) is 4.57 Å². The molecule has 6 heteroatoms. The van der Waals surface area contributed by atoms with Gasteiger partial charge in [0.2, 0.25) is 0 Å². The number of nitrogens with two attached hydrogens (primary N) is 1. The maximum atomic E-state index is 11.9. The zero-order valence-corrected chi connectivity index (χ0v) is 10.4. The lowest BCUT2D eigenvalue weighted by Gasteiger charge is -2.16. The maximum Gasteiger partial charge on any atom is 0.330 e. The summed E-state index contributed by atoms with van der Waals surface area (Å²) >= 11 is 4.72. The van der Waals surface area contributed by atoms with Crippen LogP contribution in [0.2, 0.25) is 0 Å². The second-order valence-electron chi connectivity index (χ2n) is 2.74. The van der Waals surface area contributed by atoms with Crippen molar-refractivity contribution in [2.24, 2.45) is 5.73 Å². The Bertz CT molecular complexity index is 213. The van der Waals surface area contributed by atoms with E-state index in [4.69, 9.17) is 27.0 Å². The average Bonchev–Trinajstić information content (AvgIpc) is 2.03. The Morgan fingerprint density at radius 3 is 2.21 bits per heavy atom. The fourth-order valence-electron chi connectivity index (χ4n) is 1.01. The minimum absolute atomic E-state index is 0.381. The van der Waals surface area contributed by atoms with Crippen LogP contribution in [0.3, 0.4) is 0 Å². The van der Waals surface area contributed by atoms with Gasteiger partial charge in [-0.15, -0.1) is 0 Å². The van der Waals surface area contributed by atoms with Gasteiger partial charge in [-0.1, -0.05) is 12.2 Å². The fraction of sp³-hybridized carbons (Fsp3) is 0.875. The van der Waals surface area contributed by atoms with E-state index in [0.29, 0.717) is 37.2 Å². The second kappa shape index (κ2) is 7.35. The first-order chi connectivity index (χ1) is 6.54. The SMILES string of the molecule is CCOP(=O)(CCCC(N)=S)OCC. The lowest BCUT2D eigenvalue weighted by atomic mass is 10.3. The van der Waals surface area contributed by atoms with Crippen molar-refractivity contribution in [3.63, 3.8) is 0 Å². The first kappa shape index (κ1) is 14.0. The van der Waals surface area contributed by atoms with Gasteiger partial charge in [0.25, 0.3) is 0 Å². The highest BCUT2D eigenvalue weighted by atomic mass is 32.1. The number of rotatable bonds is 8. The van der Waals surface area contributed by atoms with Crippen molar-refractivity contribution in [1.29, 1.82) is 0 Å². The van der Waals surface area contributed by atoms with Crippen molar-refractivity contribution in [3.05, 3.63) is 0 Å². The van der Waals surface area contributed by atoms with Gasteiger partial charge in [-0.25, -0.2) is 0 Å². The van der Waals surface area contributed by atoms with E-state index >= 15 is 0 Å². The molecule has 0 unspecified atom stereocenters. The van der Waals surface area contributed by atoms with Gasteiger partial charge in [-0.2, -0.15) is 0 Å². The van der Waals surface area contributed by atoms with E-state index < -0.39 is 7.60 Å². The van der Waals surface area contributed by atoms with E-state index in [0.717, 1.165) is 0 Å². The first-order valence-electron chi connectivity index (χ1n) is 4.70. The minimum atomic E-state index is -2.89. The molecule has 0 aromatic heterocycles. The van der Waals surface area contributed by atoms with Gasteiger partial charge in [-0.05, 0) is 26.7 Å². The van der Waals surface area contributed by atoms with Crippen LogP contribution in [0.5, 0.6) is 0 Å². The van der Waals surface area contributed by atoms with Crippen LogP contribution in [-0.4, -0.2) is 24.4 Å². The summed E-state index contributed by atoms with van der Waals surface area (Å²) in [5.74, 6) is 0. The summed E-state index contributed by atoms with van der Waals surface area (Å²) in [5.41, 5.74) is 5.33. The van der Waals surface area contributed by atoms with Crippen LogP contribution in [0.15, 0.2) is 0 Å². The average molecular weight is 239 g/mol. The Morgan fingerprint density at radius 1 is 1.36 bits per heavy atom. The quantitative estimate of drug-likeness (QED) is 0.520. The topological polar surface area (TPSA) is 61.5 Å². The summed E-state index contributed by atoms with van der Waals surface area (Å²) in [6.45, 7) is 4.37. The Balaban J connectivity index is 3.96. The Labute approximate surface area is 90.7 Å². The van der Waals surface area contributed by atoms with E-state index in [1.807, 2.05) is 0 Å². The smallest absolute Gasteiger partial charge is 0.330 e. The molecule has 0 aliphatic rings. The van der Waals surface area contributed by atoms with Crippen molar-refractivity contribution in [1.82, 2.24) is 0 Å². The lowest BCUT2D eigenvalue weighted by Crippen LogP contribution is -2.09. The second-order valence-corrected chi connectivity index (χ2v) is 5.45. The van der Waals surface area contributed by atoms with E-state index in [-0.39, 0.29) is 0 Å². The first-order valence-corrected chi connectivity index (χ1v) is 6.84. The Morgan fingerprint density at radius 2 is 1.86 bits per heavy atom. The third-order valence-electron chi connectivity index (χ3n) is 1.51. The molecule has 4 nitrogen and oxygen atoms in total. The van der Waals surface area contributed by atoms with Gasteiger partial charge in [0.1, 0.15) is 0 Å². The fourth-order valence-corrected chi connectivity index (χ4v) is 2.82. The molecule has 0 amide bonds. The van der Waals surface area contributed by atoms with Gasteiger partial charge >= 0.3 is 7.60 Å². The largest absolute Gasteiger partial charge is 0.393 e. The normalized spacial score (nSPS) is 11.6. The van der Waals surface area contributed by atoms with E-state index in [2.05, 4.69) is 0 Å². The molecule has 0 aromatic rings. The molecular formula is C8H18NO3PS. The number of hydrogen-bond acceptors (Lipinski definition) is 4. The van der Waals surface area contributed by atoms with Gasteiger partial charge < -0.3 is 14.8 Å². The molecule has 0 heterocycles. The maximum absolute atomic E-state index is 11.9. The van der Waals surface area contributed by atoms with Crippen molar-refractivity contribution in [2.75, 3.05) is 19.4 Å². The van der Waals surface area contributed by atoms with E-state index in [1.54, 1.807) is 13.8 Å². The summed E-state index contributed by atoms with van der Waals surface area (Å²) in [5, 5.41) is 0. The van der Waals surface area contributed by atoms with Crippen molar-refractivity contribution >= 4 is 24.8 Å². The highest BCUT2D eigenvalue weighted by Gasteiger charge is 2.22. The molecule has 0 bridgehead atoms. The molecule has 0 spiro atoms. The van der Waals surface area contributed by atoms with Crippen LogP contribution in [0.4, 0.5) is 0 Å². The predicted molar refractivity (Wildman–Crippen MR) is 61.7 cm³/mol. The molecule has 0 aliphatic heterocycles. The Kier molecular flexibility index (Phi) is 7.37. The highest BCUT2D eigenvalue weighted by Crippen LogP contribution is 2.48. The predicted octanol–water partition coefficient (Wildman–Crippen LogP) is 2.32. The summed E-state index contributed by atoms with van der Waals surface area (Å²) in [7, 11) is -2.89. The van der Waals surface area contributed by atoms with Crippen LogP contribution in [0, 0.1) is 0 Å². The van der Waals surface area contributed by atoms with Crippen LogP contribution in [-0.2, 0) is 13.6 Å². The summed E-state index contributed by atoms with van der Waals surface area (Å²) < 4.78 is 22.1. The standard InChI is InChI=1S/C8H18NO3PS/c1-3-11-13(10,12-4-2)7-5-6-8(9)14/h3-7H2,1-2H3,(H2,9,14). The summed E-state index contributed by atoms with van der Waals surface area (Å²) in [6.07, 6.45) is 1.61. The third kappa shape index (κ3) is 6.49. The van der Waals surface area contributed by atoms with Crippen LogP contribution < -0.4 is 5.73 Å². The number of thiocarbonyl (C=S) groups is 1.